The number of rotatable bonds is 2. The standard InChI is InChI=1S/C8H9NO3.ClH/c1-12-7-5(8(10)11)3-2-4-6(7)9;/h2-4H,9H2,1H3,(H,10,11);1H. The van der Waals surface area contributed by atoms with Crippen molar-refractivity contribution in [2.24, 2.45) is 0 Å². The van der Waals surface area contributed by atoms with Gasteiger partial charge in [0.05, 0.1) is 12.8 Å². The maximum absolute atomic E-state index is 10.6. The van der Waals surface area contributed by atoms with Crippen molar-refractivity contribution >= 4 is 24.1 Å². The molecule has 1 rings (SSSR count). The summed E-state index contributed by atoms with van der Waals surface area (Å²) in [5.74, 6) is -0.829. The van der Waals surface area contributed by atoms with E-state index in [-0.39, 0.29) is 23.7 Å². The molecule has 0 unspecified atom stereocenters. The summed E-state index contributed by atoms with van der Waals surface area (Å²) in [5, 5.41) is 8.69. The summed E-state index contributed by atoms with van der Waals surface area (Å²) in [6.45, 7) is 0. The van der Waals surface area contributed by atoms with Crippen molar-refractivity contribution in [1.29, 1.82) is 0 Å². The van der Waals surface area contributed by atoms with Crippen LogP contribution in [0.4, 0.5) is 5.69 Å². The summed E-state index contributed by atoms with van der Waals surface area (Å²) in [7, 11) is 1.39. The molecule has 0 aliphatic carbocycles. The Morgan fingerprint density at radius 3 is 2.54 bits per heavy atom. The van der Waals surface area contributed by atoms with Crippen molar-refractivity contribution in [3.8, 4) is 5.75 Å². The van der Waals surface area contributed by atoms with Crippen molar-refractivity contribution < 1.29 is 14.6 Å². The molecular weight excluding hydrogens is 194 g/mol. The fourth-order valence-corrected chi connectivity index (χ4v) is 0.951. The van der Waals surface area contributed by atoms with Gasteiger partial charge < -0.3 is 15.6 Å². The van der Waals surface area contributed by atoms with Gasteiger partial charge in [-0.05, 0) is 12.1 Å². The van der Waals surface area contributed by atoms with Crippen LogP contribution in [0.3, 0.4) is 0 Å². The van der Waals surface area contributed by atoms with E-state index in [9.17, 15) is 4.79 Å². The smallest absolute Gasteiger partial charge is 0.339 e. The minimum atomic E-state index is -1.04. The van der Waals surface area contributed by atoms with Gasteiger partial charge in [0.25, 0.3) is 0 Å². The monoisotopic (exact) mass is 203 g/mol. The SMILES string of the molecule is COc1c(N)cccc1C(=O)O.Cl. The number of carbonyl (C=O) groups is 1. The number of para-hydroxylation sites is 1. The van der Waals surface area contributed by atoms with E-state index in [0.717, 1.165) is 0 Å². The Hall–Kier alpha value is -1.42. The van der Waals surface area contributed by atoms with Gasteiger partial charge in [-0.25, -0.2) is 4.79 Å². The number of anilines is 1. The number of nitrogen functional groups attached to an aromatic ring is 1. The highest BCUT2D eigenvalue weighted by molar-refractivity contribution is 5.93. The number of methoxy groups -OCH3 is 1. The van der Waals surface area contributed by atoms with Crippen molar-refractivity contribution in [2.45, 2.75) is 0 Å². The molecule has 0 atom stereocenters. The lowest BCUT2D eigenvalue weighted by Crippen LogP contribution is -2.02. The number of hydrogen-bond acceptors (Lipinski definition) is 3. The van der Waals surface area contributed by atoms with E-state index < -0.39 is 5.97 Å². The highest BCUT2D eigenvalue weighted by Crippen LogP contribution is 2.25. The molecule has 13 heavy (non-hydrogen) atoms. The molecule has 0 bridgehead atoms. The van der Waals surface area contributed by atoms with E-state index in [0.29, 0.717) is 5.69 Å². The zero-order chi connectivity index (χ0) is 9.14. The summed E-state index contributed by atoms with van der Waals surface area (Å²) in [4.78, 5) is 10.6. The number of hydrogen-bond donors (Lipinski definition) is 2. The molecule has 0 amide bonds. The first kappa shape index (κ1) is 11.6. The molecule has 0 heterocycles. The molecule has 72 valence electrons. The molecule has 0 aliphatic heterocycles. The largest absolute Gasteiger partial charge is 0.494 e. The lowest BCUT2D eigenvalue weighted by Gasteiger charge is -2.06. The fourth-order valence-electron chi connectivity index (χ4n) is 0.951. The summed E-state index contributed by atoms with van der Waals surface area (Å²) >= 11 is 0. The van der Waals surface area contributed by atoms with Gasteiger partial charge in [0.1, 0.15) is 5.56 Å². The van der Waals surface area contributed by atoms with Gasteiger partial charge in [0.2, 0.25) is 0 Å². The quantitative estimate of drug-likeness (QED) is 0.713. The predicted molar refractivity (Wildman–Crippen MR) is 51.6 cm³/mol. The normalized spacial score (nSPS) is 8.69. The van der Waals surface area contributed by atoms with E-state index in [1.165, 1.54) is 13.2 Å². The number of benzene rings is 1. The second-order valence-corrected chi connectivity index (χ2v) is 2.23. The third-order valence-corrected chi connectivity index (χ3v) is 1.48. The summed E-state index contributed by atoms with van der Waals surface area (Å²) in [5.41, 5.74) is 5.89. The molecular formula is C8H10ClNO3. The highest BCUT2D eigenvalue weighted by Gasteiger charge is 2.11. The topological polar surface area (TPSA) is 72.5 Å². The average molecular weight is 204 g/mol. The van der Waals surface area contributed by atoms with E-state index in [1.54, 1.807) is 12.1 Å². The van der Waals surface area contributed by atoms with Crippen LogP contribution >= 0.6 is 12.4 Å². The van der Waals surface area contributed by atoms with Gasteiger partial charge in [0.15, 0.2) is 5.75 Å². The Morgan fingerprint density at radius 1 is 1.54 bits per heavy atom. The van der Waals surface area contributed by atoms with E-state index >= 15 is 0 Å². The summed E-state index contributed by atoms with van der Waals surface area (Å²) in [6, 6.07) is 4.60. The number of carboxylic acid groups (broad SMARTS) is 1. The number of ether oxygens (including phenoxy) is 1. The second-order valence-electron chi connectivity index (χ2n) is 2.23. The Bertz CT molecular complexity index is 314. The molecule has 5 heteroatoms. The molecule has 0 saturated heterocycles. The van der Waals surface area contributed by atoms with Gasteiger partial charge in [-0.3, -0.25) is 0 Å². The molecule has 0 aromatic heterocycles. The summed E-state index contributed by atoms with van der Waals surface area (Å²) in [6.07, 6.45) is 0. The van der Waals surface area contributed by atoms with Crippen molar-refractivity contribution in [2.75, 3.05) is 12.8 Å². The number of carboxylic acids is 1. The molecule has 3 N–H and O–H groups in total. The first-order chi connectivity index (χ1) is 5.66. The molecule has 1 aromatic rings. The van der Waals surface area contributed by atoms with E-state index in [2.05, 4.69) is 0 Å². The van der Waals surface area contributed by atoms with Gasteiger partial charge in [-0.2, -0.15) is 0 Å². The van der Waals surface area contributed by atoms with Crippen LogP contribution in [0.5, 0.6) is 5.75 Å². The third-order valence-electron chi connectivity index (χ3n) is 1.48. The Kier molecular flexibility index (Phi) is 4.07. The molecule has 0 fully saturated rings. The predicted octanol–water partition coefficient (Wildman–Crippen LogP) is 1.40. The minimum Gasteiger partial charge on any atom is -0.494 e. The number of halogens is 1. The van der Waals surface area contributed by atoms with Crippen molar-refractivity contribution in [1.82, 2.24) is 0 Å². The maximum atomic E-state index is 10.6. The van der Waals surface area contributed by atoms with Crippen LogP contribution in [0.2, 0.25) is 0 Å². The van der Waals surface area contributed by atoms with Crippen LogP contribution in [0.1, 0.15) is 10.4 Å². The Morgan fingerprint density at radius 2 is 2.15 bits per heavy atom. The van der Waals surface area contributed by atoms with Crippen LogP contribution in [0.25, 0.3) is 0 Å². The first-order valence-corrected chi connectivity index (χ1v) is 3.32. The van der Waals surface area contributed by atoms with Crippen LogP contribution in [0.15, 0.2) is 18.2 Å². The van der Waals surface area contributed by atoms with Gasteiger partial charge in [-0.15, -0.1) is 12.4 Å². The van der Waals surface area contributed by atoms with Crippen molar-refractivity contribution in [3.05, 3.63) is 23.8 Å². The molecule has 0 spiro atoms. The van der Waals surface area contributed by atoms with Crippen LogP contribution in [-0.2, 0) is 0 Å². The summed E-state index contributed by atoms with van der Waals surface area (Å²) < 4.78 is 4.83. The average Bonchev–Trinajstić information content (AvgIpc) is 2.03. The van der Waals surface area contributed by atoms with Crippen LogP contribution in [0, 0.1) is 0 Å². The van der Waals surface area contributed by atoms with E-state index in [1.807, 2.05) is 0 Å². The zero-order valence-corrected chi connectivity index (χ0v) is 7.80. The van der Waals surface area contributed by atoms with Crippen LogP contribution in [-0.4, -0.2) is 18.2 Å². The lowest BCUT2D eigenvalue weighted by atomic mass is 10.2. The molecule has 4 nitrogen and oxygen atoms in total. The highest BCUT2D eigenvalue weighted by atomic mass is 35.5. The number of aromatic carboxylic acids is 1. The maximum Gasteiger partial charge on any atom is 0.339 e. The first-order valence-electron chi connectivity index (χ1n) is 3.32. The van der Waals surface area contributed by atoms with Gasteiger partial charge in [-0.1, -0.05) is 6.07 Å². The molecule has 0 radical (unpaired) electrons. The third kappa shape index (κ3) is 2.26. The van der Waals surface area contributed by atoms with Gasteiger partial charge >= 0.3 is 5.97 Å². The Labute approximate surface area is 81.7 Å². The Balaban J connectivity index is 0.00000144. The van der Waals surface area contributed by atoms with Crippen LogP contribution < -0.4 is 10.5 Å². The fraction of sp³-hybridized carbons (Fsp3) is 0.125. The van der Waals surface area contributed by atoms with E-state index in [4.69, 9.17) is 15.6 Å². The zero-order valence-electron chi connectivity index (χ0n) is 6.98. The number of nitrogens with two attached hydrogens (primary N) is 1. The molecule has 1 aromatic carbocycles. The van der Waals surface area contributed by atoms with Crippen molar-refractivity contribution in [3.63, 3.8) is 0 Å². The molecule has 0 saturated carbocycles. The van der Waals surface area contributed by atoms with Gasteiger partial charge in [0, 0.05) is 0 Å². The second kappa shape index (κ2) is 4.57. The molecule has 0 aliphatic rings. The minimum absolute atomic E-state index is 0. The lowest BCUT2D eigenvalue weighted by molar-refractivity contribution is 0.0693.